The number of nitrogens with zero attached hydrogens (tertiary/aromatic N) is 1. The summed E-state index contributed by atoms with van der Waals surface area (Å²) in [5.41, 5.74) is -3.42. The van der Waals surface area contributed by atoms with Gasteiger partial charge >= 0.3 is 12.4 Å². The second-order valence-electron chi connectivity index (χ2n) is 5.61. The molecule has 0 unspecified atom stereocenters. The predicted molar refractivity (Wildman–Crippen MR) is 83.9 cm³/mol. The molecule has 0 saturated heterocycles. The molecule has 3 rings (SSSR count). The number of pyridine rings is 1. The third-order valence-corrected chi connectivity index (χ3v) is 3.80. The lowest BCUT2D eigenvalue weighted by Crippen LogP contribution is -2.11. The number of rotatable bonds is 2. The Morgan fingerprint density at radius 2 is 1.37 bits per heavy atom. The minimum atomic E-state index is -4.99. The van der Waals surface area contributed by atoms with E-state index in [1.54, 1.807) is 0 Å². The van der Waals surface area contributed by atoms with Crippen LogP contribution in [0.1, 0.15) is 11.1 Å². The lowest BCUT2D eigenvalue weighted by Gasteiger charge is -2.16. The first-order chi connectivity index (χ1) is 12.6. The van der Waals surface area contributed by atoms with E-state index in [0.29, 0.717) is 12.1 Å². The molecule has 2 aromatic carbocycles. The zero-order chi connectivity index (χ0) is 19.8. The van der Waals surface area contributed by atoms with Crippen molar-refractivity contribution in [2.75, 3.05) is 0 Å². The van der Waals surface area contributed by atoms with Gasteiger partial charge in [0, 0.05) is 35.2 Å². The van der Waals surface area contributed by atoms with E-state index in [4.69, 9.17) is 0 Å². The largest absolute Gasteiger partial charge is 0.416 e. The number of hydrogen-bond donors (Lipinski definition) is 0. The number of benzene rings is 2. The first-order valence-corrected chi connectivity index (χ1v) is 7.48. The van der Waals surface area contributed by atoms with Crippen molar-refractivity contribution in [1.82, 2.24) is 4.98 Å². The van der Waals surface area contributed by atoms with Gasteiger partial charge in [0.1, 0.15) is 5.82 Å². The quantitative estimate of drug-likeness (QED) is 0.467. The van der Waals surface area contributed by atoms with E-state index in [1.807, 2.05) is 0 Å². The highest BCUT2D eigenvalue weighted by atomic mass is 19.4. The maximum absolute atomic E-state index is 14.1. The van der Waals surface area contributed by atoms with Gasteiger partial charge in [-0.25, -0.2) is 4.39 Å². The second kappa shape index (κ2) is 6.68. The highest BCUT2D eigenvalue weighted by Crippen LogP contribution is 2.40. The summed E-state index contributed by atoms with van der Waals surface area (Å²) in [4.78, 5) is 3.72. The summed E-state index contributed by atoms with van der Waals surface area (Å²) in [7, 11) is 0. The maximum atomic E-state index is 14.1. The van der Waals surface area contributed by atoms with Gasteiger partial charge < -0.3 is 0 Å². The molecule has 8 heteroatoms. The monoisotopic (exact) mass is 384 g/mol. The Labute approximate surface area is 149 Å². The average molecular weight is 384 g/mol. The van der Waals surface area contributed by atoms with E-state index >= 15 is 0 Å². The second-order valence-corrected chi connectivity index (χ2v) is 5.61. The maximum Gasteiger partial charge on any atom is 0.416 e. The van der Waals surface area contributed by atoms with Crippen LogP contribution in [0.25, 0.3) is 22.3 Å². The molecular formula is C19H9F7N. The lowest BCUT2D eigenvalue weighted by molar-refractivity contribution is -0.143. The number of aromatic nitrogens is 1. The summed E-state index contributed by atoms with van der Waals surface area (Å²) in [5.74, 6) is -0.691. The summed E-state index contributed by atoms with van der Waals surface area (Å²) < 4.78 is 92.6. The van der Waals surface area contributed by atoms with E-state index in [1.165, 1.54) is 18.2 Å². The van der Waals surface area contributed by atoms with Crippen LogP contribution in [0.2, 0.25) is 0 Å². The predicted octanol–water partition coefficient (Wildman–Crippen LogP) is 6.39. The van der Waals surface area contributed by atoms with E-state index < -0.39 is 29.3 Å². The molecular weight excluding hydrogens is 375 g/mol. The topological polar surface area (TPSA) is 12.9 Å². The van der Waals surface area contributed by atoms with Crippen LogP contribution in [0.3, 0.4) is 0 Å². The Morgan fingerprint density at radius 3 is 1.93 bits per heavy atom. The molecule has 3 aromatic rings. The van der Waals surface area contributed by atoms with E-state index in [2.05, 4.69) is 11.1 Å². The third-order valence-electron chi connectivity index (χ3n) is 3.80. The molecule has 1 radical (unpaired) electrons. The molecule has 139 valence electrons. The SMILES string of the molecule is Fc1ccccc1-c1[c]cncc1-c1cc(C(F)(F)F)cc(C(F)(F)F)c1. The molecule has 0 aliphatic rings. The van der Waals surface area contributed by atoms with Crippen molar-refractivity contribution in [3.05, 3.63) is 77.9 Å². The lowest BCUT2D eigenvalue weighted by atomic mass is 9.93. The zero-order valence-electron chi connectivity index (χ0n) is 13.3. The number of alkyl halides is 6. The van der Waals surface area contributed by atoms with Gasteiger partial charge in [0.05, 0.1) is 11.1 Å². The Hall–Kier alpha value is -2.90. The van der Waals surface area contributed by atoms with Crippen molar-refractivity contribution in [2.45, 2.75) is 12.4 Å². The Kier molecular flexibility index (Phi) is 4.67. The Morgan fingerprint density at radius 1 is 0.778 bits per heavy atom. The van der Waals surface area contributed by atoms with Crippen molar-refractivity contribution in [2.24, 2.45) is 0 Å². The Bertz CT molecular complexity index is 942. The van der Waals surface area contributed by atoms with Gasteiger partial charge in [-0.3, -0.25) is 4.98 Å². The molecule has 0 saturated carbocycles. The fourth-order valence-electron chi connectivity index (χ4n) is 2.57. The molecule has 0 aliphatic carbocycles. The minimum absolute atomic E-state index is 0.00977. The fraction of sp³-hybridized carbons (Fsp3) is 0.105. The van der Waals surface area contributed by atoms with Crippen LogP contribution in [0.15, 0.2) is 54.9 Å². The standard InChI is InChI=1S/C19H9F7N/c20-17-4-2-1-3-15(17)14-5-6-27-10-16(14)11-7-12(18(21,22)23)9-13(8-11)19(24,25)26/h1-4,6-10H. The van der Waals surface area contributed by atoms with Crippen molar-refractivity contribution in [3.8, 4) is 22.3 Å². The molecule has 1 aromatic heterocycles. The Balaban J connectivity index is 2.28. The van der Waals surface area contributed by atoms with Crippen LogP contribution in [0.5, 0.6) is 0 Å². The molecule has 0 fully saturated rings. The fourth-order valence-corrected chi connectivity index (χ4v) is 2.57. The first-order valence-electron chi connectivity index (χ1n) is 7.48. The minimum Gasteiger partial charge on any atom is -0.263 e. The van der Waals surface area contributed by atoms with Crippen LogP contribution in [0.4, 0.5) is 30.7 Å². The first kappa shape index (κ1) is 18.9. The molecule has 1 nitrogen and oxygen atoms in total. The summed E-state index contributed by atoms with van der Waals surface area (Å²) in [5, 5.41) is 0. The molecule has 27 heavy (non-hydrogen) atoms. The number of halogens is 7. The van der Waals surface area contributed by atoms with Crippen LogP contribution < -0.4 is 0 Å². The van der Waals surface area contributed by atoms with E-state index in [0.717, 1.165) is 18.5 Å². The highest BCUT2D eigenvalue weighted by molar-refractivity contribution is 5.83. The van der Waals surface area contributed by atoms with Gasteiger partial charge in [-0.2, -0.15) is 26.3 Å². The summed E-state index contributed by atoms with van der Waals surface area (Å²) in [6.45, 7) is 0. The van der Waals surface area contributed by atoms with Gasteiger partial charge in [-0.1, -0.05) is 18.2 Å². The molecule has 0 N–H and O–H groups in total. The molecule has 0 spiro atoms. The van der Waals surface area contributed by atoms with Crippen molar-refractivity contribution >= 4 is 0 Å². The van der Waals surface area contributed by atoms with E-state index in [-0.39, 0.29) is 28.3 Å². The van der Waals surface area contributed by atoms with Crippen LogP contribution in [-0.4, -0.2) is 4.98 Å². The third kappa shape index (κ3) is 3.94. The highest BCUT2D eigenvalue weighted by Gasteiger charge is 2.37. The van der Waals surface area contributed by atoms with Gasteiger partial charge in [0.15, 0.2) is 0 Å². The summed E-state index contributed by atoms with van der Waals surface area (Å²) in [6, 6.07) is 9.15. The van der Waals surface area contributed by atoms with Crippen LogP contribution in [0, 0.1) is 11.9 Å². The molecule has 0 amide bonds. The molecule has 0 aliphatic heterocycles. The van der Waals surface area contributed by atoms with Gasteiger partial charge in [0.2, 0.25) is 0 Å². The smallest absolute Gasteiger partial charge is 0.263 e. The normalized spacial score (nSPS) is 12.3. The average Bonchev–Trinajstić information content (AvgIpc) is 2.60. The van der Waals surface area contributed by atoms with Crippen molar-refractivity contribution in [1.29, 1.82) is 0 Å². The summed E-state index contributed by atoms with van der Waals surface area (Å²) in [6.07, 6.45) is -7.74. The van der Waals surface area contributed by atoms with Crippen molar-refractivity contribution < 1.29 is 30.7 Å². The van der Waals surface area contributed by atoms with Gasteiger partial charge in [-0.05, 0) is 29.8 Å². The van der Waals surface area contributed by atoms with Gasteiger partial charge in [0.25, 0.3) is 0 Å². The molecule has 1 heterocycles. The van der Waals surface area contributed by atoms with Gasteiger partial charge in [-0.15, -0.1) is 0 Å². The summed E-state index contributed by atoms with van der Waals surface area (Å²) >= 11 is 0. The van der Waals surface area contributed by atoms with Crippen LogP contribution >= 0.6 is 0 Å². The molecule has 0 bridgehead atoms. The molecule has 0 atom stereocenters. The van der Waals surface area contributed by atoms with Crippen molar-refractivity contribution in [3.63, 3.8) is 0 Å². The van der Waals surface area contributed by atoms with E-state index in [9.17, 15) is 30.7 Å². The number of hydrogen-bond acceptors (Lipinski definition) is 1. The zero-order valence-corrected chi connectivity index (χ0v) is 13.3. The van der Waals surface area contributed by atoms with Crippen LogP contribution in [-0.2, 0) is 12.4 Å².